The molecule has 0 N–H and O–H groups in total. The Kier molecular flexibility index (Phi) is 3.43. The molecule has 0 fully saturated rings. The monoisotopic (exact) mass is 361 g/mol. The minimum absolute atomic E-state index is 0.558. The van der Waals surface area contributed by atoms with Gasteiger partial charge in [0.1, 0.15) is 24.0 Å². The molecule has 0 amide bonds. The number of aryl methyl sites for hydroxylation is 2. The smallest absolute Gasteiger partial charge is 0.247 e. The van der Waals surface area contributed by atoms with Crippen molar-refractivity contribution >= 4 is 0 Å². The summed E-state index contributed by atoms with van der Waals surface area (Å²) in [5.74, 6) is 1.36. The van der Waals surface area contributed by atoms with E-state index in [1.165, 1.54) is 0 Å². The van der Waals surface area contributed by atoms with E-state index in [4.69, 9.17) is 14.3 Å². The van der Waals surface area contributed by atoms with Crippen LogP contribution >= 0.6 is 0 Å². The van der Waals surface area contributed by atoms with Crippen molar-refractivity contribution in [1.29, 1.82) is 0 Å². The third-order valence-electron chi connectivity index (χ3n) is 4.96. The normalized spacial score (nSPS) is 12.3. The van der Waals surface area contributed by atoms with Gasteiger partial charge in [0.05, 0.1) is 29.9 Å². The van der Waals surface area contributed by atoms with Crippen molar-refractivity contribution in [1.82, 2.24) is 24.3 Å². The Morgan fingerprint density at radius 3 is 2.93 bits per heavy atom. The molecule has 1 aromatic carbocycles. The van der Waals surface area contributed by atoms with E-state index in [-0.39, 0.29) is 0 Å². The molecule has 136 valence electrons. The molecule has 0 saturated heterocycles. The molecule has 7 nitrogen and oxygen atoms in total. The van der Waals surface area contributed by atoms with Crippen molar-refractivity contribution in [3.8, 4) is 34.3 Å². The van der Waals surface area contributed by atoms with Gasteiger partial charge in [-0.1, -0.05) is 6.92 Å². The van der Waals surface area contributed by atoms with Crippen molar-refractivity contribution in [2.45, 2.75) is 19.8 Å². The van der Waals surface area contributed by atoms with Gasteiger partial charge in [0.15, 0.2) is 0 Å². The lowest BCUT2D eigenvalue weighted by Crippen LogP contribution is -2.00. The van der Waals surface area contributed by atoms with Crippen molar-refractivity contribution in [2.75, 3.05) is 7.11 Å². The number of aromatic nitrogens is 5. The number of oxazole rings is 1. The number of imidazole rings is 1. The van der Waals surface area contributed by atoms with Crippen molar-refractivity contribution < 1.29 is 9.15 Å². The summed E-state index contributed by atoms with van der Waals surface area (Å²) >= 11 is 0. The van der Waals surface area contributed by atoms with Crippen LogP contribution < -0.4 is 4.74 Å². The second-order valence-corrected chi connectivity index (χ2v) is 6.64. The van der Waals surface area contributed by atoms with E-state index in [0.717, 1.165) is 51.8 Å². The van der Waals surface area contributed by atoms with Crippen LogP contribution in [-0.2, 0) is 19.9 Å². The molecule has 27 heavy (non-hydrogen) atoms. The number of fused-ring (bicyclic) bond motifs is 5. The maximum absolute atomic E-state index is 5.70. The highest BCUT2D eigenvalue weighted by atomic mass is 16.5. The Labute approximate surface area is 156 Å². The summed E-state index contributed by atoms with van der Waals surface area (Å²) in [6.45, 7) is 2.06. The van der Waals surface area contributed by atoms with Gasteiger partial charge < -0.3 is 13.7 Å². The SMILES string of the molecule is CCc1coc(-c2ncn3c2Cc2cn(C)nc2-c2cc(OC)ccc2-3)n1. The Hall–Kier alpha value is -3.35. The topological polar surface area (TPSA) is 70.9 Å². The van der Waals surface area contributed by atoms with Crippen molar-refractivity contribution in [2.24, 2.45) is 7.05 Å². The predicted octanol–water partition coefficient (Wildman–Crippen LogP) is 3.40. The van der Waals surface area contributed by atoms with Gasteiger partial charge in [-0.3, -0.25) is 4.68 Å². The number of hydrogen-bond acceptors (Lipinski definition) is 5. The van der Waals surface area contributed by atoms with Gasteiger partial charge in [-0.15, -0.1) is 0 Å². The summed E-state index contributed by atoms with van der Waals surface area (Å²) < 4.78 is 15.1. The fourth-order valence-corrected chi connectivity index (χ4v) is 3.62. The van der Waals surface area contributed by atoms with E-state index in [2.05, 4.69) is 27.7 Å². The molecule has 4 aromatic rings. The quantitative estimate of drug-likeness (QED) is 0.492. The Morgan fingerprint density at radius 1 is 1.26 bits per heavy atom. The number of hydrogen-bond donors (Lipinski definition) is 0. The maximum Gasteiger partial charge on any atom is 0.247 e. The molecule has 1 aliphatic rings. The molecule has 0 unspecified atom stereocenters. The summed E-state index contributed by atoms with van der Waals surface area (Å²) in [4.78, 5) is 9.20. The third-order valence-corrected chi connectivity index (χ3v) is 4.96. The lowest BCUT2D eigenvalue weighted by atomic mass is 10.0. The van der Waals surface area contributed by atoms with Crippen molar-refractivity contribution in [3.05, 3.63) is 53.9 Å². The van der Waals surface area contributed by atoms with Gasteiger partial charge >= 0.3 is 0 Å². The van der Waals surface area contributed by atoms with Crippen LogP contribution in [0.2, 0.25) is 0 Å². The zero-order chi connectivity index (χ0) is 18.5. The average molecular weight is 361 g/mol. The lowest BCUT2D eigenvalue weighted by Gasteiger charge is -2.11. The van der Waals surface area contributed by atoms with Gasteiger partial charge in [0, 0.05) is 30.8 Å². The summed E-state index contributed by atoms with van der Waals surface area (Å²) in [6, 6.07) is 6.02. The van der Waals surface area contributed by atoms with Gasteiger partial charge in [0.2, 0.25) is 5.89 Å². The zero-order valence-electron chi connectivity index (χ0n) is 15.4. The minimum atomic E-state index is 0.558. The molecule has 0 saturated carbocycles. The second kappa shape index (κ2) is 5.84. The average Bonchev–Trinajstić information content (AvgIpc) is 3.38. The highest BCUT2D eigenvalue weighted by Gasteiger charge is 2.27. The summed E-state index contributed by atoms with van der Waals surface area (Å²) in [5, 5.41) is 4.70. The summed E-state index contributed by atoms with van der Waals surface area (Å²) in [7, 11) is 3.61. The first kappa shape index (κ1) is 15.9. The fraction of sp³-hybridized carbons (Fsp3) is 0.250. The molecule has 5 rings (SSSR count). The Bertz CT molecular complexity index is 1150. The fourth-order valence-electron chi connectivity index (χ4n) is 3.62. The molecule has 4 heterocycles. The van der Waals surface area contributed by atoms with E-state index >= 15 is 0 Å². The van der Waals surface area contributed by atoms with Crippen LogP contribution in [0, 0.1) is 0 Å². The highest BCUT2D eigenvalue weighted by molar-refractivity contribution is 5.77. The summed E-state index contributed by atoms with van der Waals surface area (Å²) in [6.07, 6.45) is 7.11. The number of benzene rings is 1. The van der Waals surface area contributed by atoms with Crippen LogP contribution in [0.3, 0.4) is 0 Å². The molecular formula is C20H19N5O2. The van der Waals surface area contributed by atoms with E-state index in [9.17, 15) is 0 Å². The van der Waals surface area contributed by atoms with Gasteiger partial charge in [-0.25, -0.2) is 9.97 Å². The number of ether oxygens (including phenoxy) is 1. The van der Waals surface area contributed by atoms with Crippen LogP contribution in [0.4, 0.5) is 0 Å². The summed E-state index contributed by atoms with van der Waals surface area (Å²) in [5.41, 5.74) is 6.87. The van der Waals surface area contributed by atoms with E-state index in [1.807, 2.05) is 36.3 Å². The molecule has 0 radical (unpaired) electrons. The Balaban J connectivity index is 1.76. The molecular weight excluding hydrogens is 342 g/mol. The van der Waals surface area contributed by atoms with Crippen LogP contribution in [0.5, 0.6) is 5.75 Å². The van der Waals surface area contributed by atoms with Crippen LogP contribution in [0.25, 0.3) is 28.5 Å². The van der Waals surface area contributed by atoms with Gasteiger partial charge in [-0.05, 0) is 24.6 Å². The standard InChI is InChI=1S/C20H19N5O2/c1-4-13-10-27-20(22-13)19-17-7-12-9-24(2)23-18(12)15-8-14(26-3)5-6-16(15)25(17)11-21-19/h5-6,8-11H,4,7H2,1-3H3. The van der Waals surface area contributed by atoms with Crippen molar-refractivity contribution in [3.63, 3.8) is 0 Å². The number of methoxy groups -OCH3 is 1. The van der Waals surface area contributed by atoms with E-state index in [0.29, 0.717) is 12.3 Å². The molecule has 0 atom stereocenters. The molecule has 1 aliphatic heterocycles. The van der Waals surface area contributed by atoms with Crippen LogP contribution in [-0.4, -0.2) is 31.4 Å². The van der Waals surface area contributed by atoms with E-state index in [1.54, 1.807) is 13.4 Å². The first-order valence-corrected chi connectivity index (χ1v) is 8.90. The zero-order valence-corrected chi connectivity index (χ0v) is 15.4. The molecule has 7 heteroatoms. The van der Waals surface area contributed by atoms with Gasteiger partial charge in [0.25, 0.3) is 0 Å². The highest BCUT2D eigenvalue weighted by Crippen LogP contribution is 2.38. The minimum Gasteiger partial charge on any atom is -0.497 e. The second-order valence-electron chi connectivity index (χ2n) is 6.64. The van der Waals surface area contributed by atoms with Crippen LogP contribution in [0.1, 0.15) is 23.9 Å². The largest absolute Gasteiger partial charge is 0.497 e. The Morgan fingerprint density at radius 2 is 2.15 bits per heavy atom. The van der Waals surface area contributed by atoms with Crippen LogP contribution in [0.15, 0.2) is 41.4 Å². The third kappa shape index (κ3) is 2.38. The maximum atomic E-state index is 5.70. The van der Waals surface area contributed by atoms with E-state index < -0.39 is 0 Å². The molecule has 3 aromatic heterocycles. The first-order chi connectivity index (χ1) is 13.2. The number of nitrogens with zero attached hydrogens (tertiary/aromatic N) is 5. The number of rotatable bonds is 3. The molecule has 0 aliphatic carbocycles. The first-order valence-electron chi connectivity index (χ1n) is 8.90. The molecule has 0 bridgehead atoms. The molecule has 0 spiro atoms. The van der Waals surface area contributed by atoms with Gasteiger partial charge in [-0.2, -0.15) is 5.10 Å². The predicted molar refractivity (Wildman–Crippen MR) is 100.0 cm³/mol. The lowest BCUT2D eigenvalue weighted by molar-refractivity contribution is 0.415.